The number of carbonyl (C=O) groups excluding carboxylic acids is 2. The number of halogens is 2. The van der Waals surface area contributed by atoms with Crippen molar-refractivity contribution in [2.24, 2.45) is 0 Å². The first-order valence-electron chi connectivity index (χ1n) is 9.31. The molecule has 8 heteroatoms. The Bertz CT molecular complexity index is 903. The van der Waals surface area contributed by atoms with Crippen molar-refractivity contribution in [3.8, 4) is 0 Å². The van der Waals surface area contributed by atoms with Crippen molar-refractivity contribution in [2.45, 2.75) is 25.8 Å². The molecule has 5 nitrogen and oxygen atoms in total. The lowest BCUT2D eigenvalue weighted by Gasteiger charge is -2.23. The fourth-order valence-electron chi connectivity index (χ4n) is 3.26. The number of benzene rings is 2. The highest BCUT2D eigenvalue weighted by molar-refractivity contribution is 7.80. The molecule has 29 heavy (non-hydrogen) atoms. The number of thiocarbonyl (C=S) groups is 1. The molecule has 0 bridgehead atoms. The van der Waals surface area contributed by atoms with E-state index in [0.29, 0.717) is 30.3 Å². The van der Waals surface area contributed by atoms with Crippen LogP contribution in [-0.4, -0.2) is 45.9 Å². The lowest BCUT2D eigenvalue weighted by molar-refractivity contribution is -0.130. The van der Waals surface area contributed by atoms with Crippen LogP contribution in [0.25, 0.3) is 0 Å². The molecule has 1 fully saturated rings. The van der Waals surface area contributed by atoms with Crippen LogP contribution in [0, 0.1) is 11.6 Å². The van der Waals surface area contributed by atoms with Crippen molar-refractivity contribution in [1.82, 2.24) is 9.80 Å². The fourth-order valence-corrected chi connectivity index (χ4v) is 3.69. The number of nitrogens with zero attached hydrogens (tertiary/aromatic N) is 2. The molecule has 1 heterocycles. The molecule has 0 spiro atoms. The predicted molar refractivity (Wildman–Crippen MR) is 110 cm³/mol. The molecule has 0 aromatic heterocycles. The van der Waals surface area contributed by atoms with Gasteiger partial charge in [0.15, 0.2) is 5.11 Å². The minimum atomic E-state index is -0.705. The van der Waals surface area contributed by atoms with Crippen LogP contribution in [0.15, 0.2) is 48.5 Å². The van der Waals surface area contributed by atoms with E-state index in [2.05, 4.69) is 5.32 Å². The molecule has 0 radical (unpaired) electrons. The van der Waals surface area contributed by atoms with Crippen LogP contribution in [0.4, 0.5) is 14.5 Å². The maximum Gasteiger partial charge on any atom is 0.252 e. The second-order valence-corrected chi connectivity index (χ2v) is 7.08. The van der Waals surface area contributed by atoms with Crippen LogP contribution in [0.3, 0.4) is 0 Å². The molecule has 1 N–H and O–H groups in total. The maximum absolute atomic E-state index is 13.1. The third-order valence-electron chi connectivity index (χ3n) is 4.78. The van der Waals surface area contributed by atoms with Crippen LogP contribution in [-0.2, 0) is 16.0 Å². The molecular formula is C21H21F2N3O2S. The SMILES string of the molecule is CCN1C(=O)C(CC(=O)Nc2ccc(F)cc2)N(CCc2ccc(F)cc2)C1=S. The molecule has 152 valence electrons. The van der Waals surface area contributed by atoms with Gasteiger partial charge in [-0.25, -0.2) is 8.78 Å². The molecule has 1 atom stereocenters. The van der Waals surface area contributed by atoms with E-state index in [9.17, 15) is 18.4 Å². The van der Waals surface area contributed by atoms with E-state index in [1.807, 2.05) is 6.92 Å². The largest absolute Gasteiger partial charge is 0.336 e. The Morgan fingerprint density at radius 2 is 1.66 bits per heavy atom. The summed E-state index contributed by atoms with van der Waals surface area (Å²) in [6.45, 7) is 2.67. The molecule has 0 aliphatic carbocycles. The summed E-state index contributed by atoms with van der Waals surface area (Å²) in [5.41, 5.74) is 1.36. The highest BCUT2D eigenvalue weighted by atomic mass is 32.1. The van der Waals surface area contributed by atoms with E-state index in [1.165, 1.54) is 41.3 Å². The topological polar surface area (TPSA) is 52.7 Å². The summed E-state index contributed by atoms with van der Waals surface area (Å²) in [5.74, 6) is -1.29. The van der Waals surface area contributed by atoms with Gasteiger partial charge in [-0.15, -0.1) is 0 Å². The summed E-state index contributed by atoms with van der Waals surface area (Å²) in [7, 11) is 0. The molecule has 1 unspecified atom stereocenters. The molecule has 2 amide bonds. The Balaban J connectivity index is 1.69. The van der Waals surface area contributed by atoms with Crippen molar-refractivity contribution < 1.29 is 18.4 Å². The molecule has 2 aromatic carbocycles. The van der Waals surface area contributed by atoms with Crippen molar-refractivity contribution in [2.75, 3.05) is 18.4 Å². The zero-order chi connectivity index (χ0) is 21.0. The minimum Gasteiger partial charge on any atom is -0.336 e. The molecule has 2 aromatic rings. The van der Waals surface area contributed by atoms with Gasteiger partial charge >= 0.3 is 0 Å². The monoisotopic (exact) mass is 417 g/mol. The fraction of sp³-hybridized carbons (Fsp3) is 0.286. The van der Waals surface area contributed by atoms with Gasteiger partial charge in [0.2, 0.25) is 5.91 Å². The number of rotatable bonds is 7. The van der Waals surface area contributed by atoms with Gasteiger partial charge in [-0.05, 0) is 67.5 Å². The number of carbonyl (C=O) groups is 2. The maximum atomic E-state index is 13.1. The molecule has 0 saturated carbocycles. The zero-order valence-electron chi connectivity index (χ0n) is 15.9. The van der Waals surface area contributed by atoms with Crippen LogP contribution >= 0.6 is 12.2 Å². The average molecular weight is 417 g/mol. The Hall–Kier alpha value is -2.87. The van der Waals surface area contributed by atoms with Crippen LogP contribution < -0.4 is 5.32 Å². The smallest absolute Gasteiger partial charge is 0.252 e. The van der Waals surface area contributed by atoms with E-state index in [4.69, 9.17) is 12.2 Å². The van der Waals surface area contributed by atoms with E-state index < -0.39 is 11.9 Å². The van der Waals surface area contributed by atoms with Crippen LogP contribution in [0.1, 0.15) is 18.9 Å². The first-order valence-corrected chi connectivity index (χ1v) is 9.71. The number of hydrogen-bond donors (Lipinski definition) is 1. The second kappa shape index (κ2) is 9.09. The third-order valence-corrected chi connectivity index (χ3v) is 5.24. The van der Waals surface area contributed by atoms with Gasteiger partial charge in [0.25, 0.3) is 5.91 Å². The number of likely N-dealkylation sites (N-methyl/N-ethyl adjacent to an activating group) is 1. The van der Waals surface area contributed by atoms with Gasteiger partial charge in [-0.3, -0.25) is 14.5 Å². The Kier molecular flexibility index (Phi) is 6.53. The van der Waals surface area contributed by atoms with Gasteiger partial charge in [0.1, 0.15) is 17.7 Å². The van der Waals surface area contributed by atoms with Gasteiger partial charge in [0, 0.05) is 18.8 Å². The normalized spacial score (nSPS) is 16.4. The third kappa shape index (κ3) is 4.95. The van der Waals surface area contributed by atoms with E-state index in [0.717, 1.165) is 5.56 Å². The molecule has 1 aliphatic rings. The number of nitrogens with one attached hydrogen (secondary N) is 1. The number of hydrogen-bond acceptors (Lipinski definition) is 3. The molecule has 1 aliphatic heterocycles. The van der Waals surface area contributed by atoms with Gasteiger partial charge in [0.05, 0.1) is 6.42 Å². The van der Waals surface area contributed by atoms with Gasteiger partial charge < -0.3 is 10.2 Å². The summed E-state index contributed by atoms with van der Waals surface area (Å²) in [4.78, 5) is 28.5. The first-order chi connectivity index (χ1) is 13.9. The Morgan fingerprint density at radius 1 is 1.07 bits per heavy atom. The summed E-state index contributed by atoms with van der Waals surface area (Å²) in [6, 6.07) is 10.8. The minimum absolute atomic E-state index is 0.0731. The quantitative estimate of drug-likeness (QED) is 0.702. The van der Waals surface area contributed by atoms with Gasteiger partial charge in [-0.1, -0.05) is 12.1 Å². The van der Waals surface area contributed by atoms with E-state index >= 15 is 0 Å². The summed E-state index contributed by atoms with van der Waals surface area (Å²) in [6.07, 6.45) is 0.484. The summed E-state index contributed by atoms with van der Waals surface area (Å²) in [5, 5.41) is 3.07. The molecular weight excluding hydrogens is 396 g/mol. The summed E-state index contributed by atoms with van der Waals surface area (Å²) >= 11 is 5.45. The van der Waals surface area contributed by atoms with Gasteiger partial charge in [-0.2, -0.15) is 0 Å². The van der Waals surface area contributed by atoms with Crippen LogP contribution in [0.2, 0.25) is 0 Å². The number of anilines is 1. The Labute approximate surface area is 173 Å². The molecule has 1 saturated heterocycles. The lowest BCUT2D eigenvalue weighted by atomic mass is 10.1. The molecule has 3 rings (SSSR count). The zero-order valence-corrected chi connectivity index (χ0v) is 16.7. The second-order valence-electron chi connectivity index (χ2n) is 6.71. The highest BCUT2D eigenvalue weighted by Crippen LogP contribution is 2.22. The lowest BCUT2D eigenvalue weighted by Crippen LogP contribution is -2.39. The van der Waals surface area contributed by atoms with Crippen LogP contribution in [0.5, 0.6) is 0 Å². The average Bonchev–Trinajstić information content (AvgIpc) is 2.92. The predicted octanol–water partition coefficient (Wildman–Crippen LogP) is 3.35. The van der Waals surface area contributed by atoms with E-state index in [-0.39, 0.29) is 24.1 Å². The van der Waals surface area contributed by atoms with Crippen molar-refractivity contribution >= 4 is 34.8 Å². The van der Waals surface area contributed by atoms with Crippen molar-refractivity contribution in [3.63, 3.8) is 0 Å². The van der Waals surface area contributed by atoms with Crippen molar-refractivity contribution in [3.05, 3.63) is 65.7 Å². The first kappa shape index (κ1) is 20.9. The number of amides is 2. The Morgan fingerprint density at radius 3 is 2.24 bits per heavy atom. The standard InChI is InChI=1S/C21H21F2N3O2S/c1-2-25-20(28)18(13-19(27)24-17-9-7-16(23)8-10-17)26(21(25)29)12-11-14-3-5-15(22)6-4-14/h3-10,18H,2,11-13H2,1H3,(H,24,27). The highest BCUT2D eigenvalue weighted by Gasteiger charge is 2.42. The van der Waals surface area contributed by atoms with E-state index in [1.54, 1.807) is 17.0 Å². The van der Waals surface area contributed by atoms with Crippen molar-refractivity contribution in [1.29, 1.82) is 0 Å². The summed E-state index contributed by atoms with van der Waals surface area (Å²) < 4.78 is 26.1.